The predicted molar refractivity (Wildman–Crippen MR) is 99.4 cm³/mol. The molecular weight excluding hydrogens is 330 g/mol. The minimum Gasteiger partial charge on any atom is -0.508 e. The fraction of sp³-hybridized carbons (Fsp3) is 0.0476. The molecule has 0 aliphatic carbocycles. The molecule has 0 aliphatic heterocycles. The minimum absolute atomic E-state index is 0.0370. The lowest BCUT2D eigenvalue weighted by molar-refractivity contribution is 0.415. The van der Waals surface area contributed by atoms with E-state index in [1.165, 1.54) is 6.07 Å². The van der Waals surface area contributed by atoms with E-state index in [0.717, 1.165) is 16.5 Å². The SMILES string of the molecule is COc1ccc(-c2c(-c3cccnc3)c3ccc(O)cc3oc2=O)cc1. The highest BCUT2D eigenvalue weighted by Gasteiger charge is 2.18. The number of aromatic nitrogens is 1. The Balaban J connectivity index is 2.10. The Morgan fingerprint density at radius 2 is 1.81 bits per heavy atom. The number of benzene rings is 2. The highest BCUT2D eigenvalue weighted by Crippen LogP contribution is 2.36. The van der Waals surface area contributed by atoms with Crippen molar-refractivity contribution in [1.29, 1.82) is 0 Å². The normalized spacial score (nSPS) is 10.8. The van der Waals surface area contributed by atoms with Crippen molar-refractivity contribution in [2.45, 2.75) is 0 Å². The number of phenolic OH excluding ortho intramolecular Hbond substituents is 1. The van der Waals surface area contributed by atoms with E-state index >= 15 is 0 Å². The Morgan fingerprint density at radius 1 is 1.00 bits per heavy atom. The highest BCUT2D eigenvalue weighted by atomic mass is 16.5. The van der Waals surface area contributed by atoms with Crippen LogP contribution in [0.4, 0.5) is 0 Å². The molecule has 4 aromatic rings. The van der Waals surface area contributed by atoms with Gasteiger partial charge in [-0.25, -0.2) is 4.79 Å². The second-order valence-corrected chi connectivity index (χ2v) is 5.79. The van der Waals surface area contributed by atoms with Gasteiger partial charge < -0.3 is 14.3 Å². The first-order valence-electron chi connectivity index (χ1n) is 8.02. The van der Waals surface area contributed by atoms with Crippen LogP contribution in [0.5, 0.6) is 11.5 Å². The van der Waals surface area contributed by atoms with Crippen molar-refractivity contribution < 1.29 is 14.3 Å². The molecule has 0 radical (unpaired) electrons. The van der Waals surface area contributed by atoms with Crippen molar-refractivity contribution in [2.24, 2.45) is 0 Å². The summed E-state index contributed by atoms with van der Waals surface area (Å²) in [6.07, 6.45) is 3.38. The van der Waals surface area contributed by atoms with Gasteiger partial charge in [0, 0.05) is 35.0 Å². The van der Waals surface area contributed by atoms with Crippen molar-refractivity contribution in [2.75, 3.05) is 7.11 Å². The smallest absolute Gasteiger partial charge is 0.344 e. The van der Waals surface area contributed by atoms with Gasteiger partial charge in [0.25, 0.3) is 0 Å². The minimum atomic E-state index is -0.480. The van der Waals surface area contributed by atoms with Gasteiger partial charge in [0.1, 0.15) is 17.1 Å². The zero-order valence-corrected chi connectivity index (χ0v) is 14.0. The van der Waals surface area contributed by atoms with E-state index in [-0.39, 0.29) is 5.75 Å². The fourth-order valence-electron chi connectivity index (χ4n) is 3.02. The quantitative estimate of drug-likeness (QED) is 0.562. The van der Waals surface area contributed by atoms with Crippen LogP contribution in [0.1, 0.15) is 0 Å². The van der Waals surface area contributed by atoms with Gasteiger partial charge in [0.15, 0.2) is 0 Å². The number of hydrogen-bond acceptors (Lipinski definition) is 5. The molecule has 0 aliphatic rings. The topological polar surface area (TPSA) is 72.6 Å². The first kappa shape index (κ1) is 15.9. The van der Waals surface area contributed by atoms with E-state index in [9.17, 15) is 9.90 Å². The summed E-state index contributed by atoms with van der Waals surface area (Å²) in [4.78, 5) is 17.0. The third kappa shape index (κ3) is 2.69. The molecule has 1 N–H and O–H groups in total. The van der Waals surface area contributed by atoms with Crippen LogP contribution < -0.4 is 10.4 Å². The number of ether oxygens (including phenoxy) is 1. The summed E-state index contributed by atoms with van der Waals surface area (Å²) in [7, 11) is 1.59. The van der Waals surface area contributed by atoms with E-state index in [0.29, 0.717) is 22.5 Å². The van der Waals surface area contributed by atoms with Crippen LogP contribution in [0, 0.1) is 0 Å². The highest BCUT2D eigenvalue weighted by molar-refractivity contribution is 6.01. The molecule has 2 heterocycles. The molecular formula is C21H15NO4. The molecule has 0 saturated carbocycles. The van der Waals surface area contributed by atoms with Crippen LogP contribution in [0.2, 0.25) is 0 Å². The summed E-state index contributed by atoms with van der Waals surface area (Å²) in [5.41, 5.74) is 2.52. The summed E-state index contributed by atoms with van der Waals surface area (Å²) in [5.74, 6) is 0.738. The van der Waals surface area contributed by atoms with Crippen LogP contribution in [0.3, 0.4) is 0 Å². The second-order valence-electron chi connectivity index (χ2n) is 5.79. The van der Waals surface area contributed by atoms with Crippen molar-refractivity contribution in [3.8, 4) is 33.8 Å². The van der Waals surface area contributed by atoms with E-state index < -0.39 is 5.63 Å². The number of nitrogens with zero attached hydrogens (tertiary/aromatic N) is 1. The summed E-state index contributed by atoms with van der Waals surface area (Å²) < 4.78 is 10.7. The predicted octanol–water partition coefficient (Wildman–Crippen LogP) is 4.24. The molecule has 0 spiro atoms. The number of aromatic hydroxyl groups is 1. The van der Waals surface area contributed by atoms with Crippen LogP contribution in [-0.4, -0.2) is 17.2 Å². The zero-order valence-electron chi connectivity index (χ0n) is 14.0. The maximum absolute atomic E-state index is 12.8. The molecule has 0 fully saturated rings. The molecule has 128 valence electrons. The fourth-order valence-corrected chi connectivity index (χ4v) is 3.02. The van der Waals surface area contributed by atoms with Crippen molar-refractivity contribution in [1.82, 2.24) is 4.98 Å². The van der Waals surface area contributed by atoms with Crippen LogP contribution in [0.15, 0.2) is 76.2 Å². The average Bonchev–Trinajstić information content (AvgIpc) is 2.67. The van der Waals surface area contributed by atoms with Gasteiger partial charge >= 0.3 is 5.63 Å². The molecule has 0 amide bonds. The van der Waals surface area contributed by atoms with Gasteiger partial charge in [-0.2, -0.15) is 0 Å². The van der Waals surface area contributed by atoms with Crippen molar-refractivity contribution >= 4 is 11.0 Å². The van der Waals surface area contributed by atoms with E-state index in [1.54, 1.807) is 43.8 Å². The largest absolute Gasteiger partial charge is 0.508 e. The molecule has 5 nitrogen and oxygen atoms in total. The van der Waals surface area contributed by atoms with Gasteiger partial charge in [0.2, 0.25) is 0 Å². The lowest BCUT2D eigenvalue weighted by Gasteiger charge is -2.12. The average molecular weight is 345 g/mol. The molecule has 26 heavy (non-hydrogen) atoms. The lowest BCUT2D eigenvalue weighted by atomic mass is 9.94. The van der Waals surface area contributed by atoms with Crippen LogP contribution in [0.25, 0.3) is 33.2 Å². The van der Waals surface area contributed by atoms with Gasteiger partial charge in [-0.1, -0.05) is 18.2 Å². The van der Waals surface area contributed by atoms with Gasteiger partial charge in [0.05, 0.1) is 12.7 Å². The maximum atomic E-state index is 12.8. The van der Waals surface area contributed by atoms with E-state index in [1.807, 2.05) is 24.3 Å². The summed E-state index contributed by atoms with van der Waals surface area (Å²) in [6, 6.07) is 15.7. The van der Waals surface area contributed by atoms with Crippen LogP contribution in [-0.2, 0) is 0 Å². The molecule has 0 bridgehead atoms. The third-order valence-electron chi connectivity index (χ3n) is 4.22. The lowest BCUT2D eigenvalue weighted by Crippen LogP contribution is -2.06. The summed E-state index contributed by atoms with van der Waals surface area (Å²) in [6.45, 7) is 0. The molecule has 5 heteroatoms. The maximum Gasteiger partial charge on any atom is 0.344 e. The second kappa shape index (κ2) is 6.37. The van der Waals surface area contributed by atoms with E-state index in [4.69, 9.17) is 9.15 Å². The van der Waals surface area contributed by atoms with E-state index in [2.05, 4.69) is 4.98 Å². The van der Waals surface area contributed by atoms with Crippen molar-refractivity contribution in [3.63, 3.8) is 0 Å². The molecule has 2 aromatic carbocycles. The third-order valence-corrected chi connectivity index (χ3v) is 4.22. The number of phenols is 1. The number of pyridine rings is 1. The Morgan fingerprint density at radius 3 is 2.50 bits per heavy atom. The Hall–Kier alpha value is -3.60. The zero-order chi connectivity index (χ0) is 18.1. The Bertz CT molecular complexity index is 1130. The van der Waals surface area contributed by atoms with Crippen molar-refractivity contribution in [3.05, 3.63) is 77.4 Å². The van der Waals surface area contributed by atoms with Crippen LogP contribution >= 0.6 is 0 Å². The summed E-state index contributed by atoms with van der Waals surface area (Å²) >= 11 is 0. The van der Waals surface area contributed by atoms with Gasteiger partial charge in [-0.3, -0.25) is 4.98 Å². The number of methoxy groups -OCH3 is 1. The standard InChI is InChI=1S/C21H15NO4/c1-25-16-7-4-13(5-8-16)20-19(14-3-2-10-22-12-14)17-9-6-15(23)11-18(17)26-21(20)24/h2-12,23H,1H3. The molecule has 0 atom stereocenters. The molecule has 0 unspecified atom stereocenters. The van der Waals surface area contributed by atoms with Gasteiger partial charge in [-0.05, 0) is 35.9 Å². The number of fused-ring (bicyclic) bond motifs is 1. The number of hydrogen-bond donors (Lipinski definition) is 1. The monoisotopic (exact) mass is 345 g/mol. The Labute approximate surface area is 149 Å². The summed E-state index contributed by atoms with van der Waals surface area (Å²) in [5, 5.41) is 10.5. The molecule has 0 saturated heterocycles. The number of rotatable bonds is 3. The molecule has 2 aromatic heterocycles. The Kier molecular flexibility index (Phi) is 3.89. The van der Waals surface area contributed by atoms with Gasteiger partial charge in [-0.15, -0.1) is 0 Å². The molecule has 4 rings (SSSR count). The first-order chi connectivity index (χ1) is 12.7. The first-order valence-corrected chi connectivity index (χ1v) is 8.02.